The predicted octanol–water partition coefficient (Wildman–Crippen LogP) is 7.12. The van der Waals surface area contributed by atoms with Crippen LogP contribution in [0.25, 0.3) is 11.3 Å². The van der Waals surface area contributed by atoms with Crippen molar-refractivity contribution >= 4 is 29.2 Å². The van der Waals surface area contributed by atoms with E-state index in [0.717, 1.165) is 16.7 Å². The van der Waals surface area contributed by atoms with Gasteiger partial charge in [-0.1, -0.05) is 65.7 Å². The van der Waals surface area contributed by atoms with E-state index in [1.54, 1.807) is 18.2 Å². The van der Waals surface area contributed by atoms with Crippen molar-refractivity contribution < 1.29 is 14.6 Å². The second-order valence-corrected chi connectivity index (χ2v) is 8.42. The van der Waals surface area contributed by atoms with Gasteiger partial charge in [0.25, 0.3) is 0 Å². The summed E-state index contributed by atoms with van der Waals surface area (Å²) < 4.78 is 6.07. The molecule has 4 aromatic rings. The summed E-state index contributed by atoms with van der Waals surface area (Å²) in [4.78, 5) is 16.5. The zero-order valence-corrected chi connectivity index (χ0v) is 19.2. The van der Waals surface area contributed by atoms with Crippen molar-refractivity contribution in [3.8, 4) is 17.0 Å². The second kappa shape index (κ2) is 10.5. The zero-order valence-electron chi connectivity index (χ0n) is 17.7. The summed E-state index contributed by atoms with van der Waals surface area (Å²) >= 11 is 12.2. The molecule has 4 rings (SSSR count). The number of hydrogen-bond donors (Lipinski definition) is 1. The van der Waals surface area contributed by atoms with Crippen LogP contribution >= 0.6 is 23.2 Å². The van der Waals surface area contributed by atoms with Gasteiger partial charge in [0.05, 0.1) is 17.0 Å². The third-order valence-electron chi connectivity index (χ3n) is 5.18. The third kappa shape index (κ3) is 5.92. The Hall–Kier alpha value is -3.34. The number of hydrogen-bond acceptors (Lipinski definition) is 3. The number of aromatic carboxylic acids is 1. The molecule has 0 aliphatic carbocycles. The summed E-state index contributed by atoms with van der Waals surface area (Å²) in [5, 5.41) is 10.8. The largest absolute Gasteiger partial charge is 0.488 e. The molecular weight excluding hydrogens is 457 g/mol. The lowest BCUT2D eigenvalue weighted by Crippen LogP contribution is -2.07. The van der Waals surface area contributed by atoms with E-state index in [9.17, 15) is 9.90 Å². The molecule has 3 aromatic carbocycles. The number of aromatic nitrogens is 1. The van der Waals surface area contributed by atoms with Crippen molar-refractivity contribution in [2.45, 2.75) is 19.4 Å². The van der Waals surface area contributed by atoms with Crippen LogP contribution in [0.4, 0.5) is 0 Å². The number of pyridine rings is 1. The van der Waals surface area contributed by atoms with Crippen LogP contribution in [0.3, 0.4) is 0 Å². The smallest absolute Gasteiger partial charge is 0.337 e. The minimum atomic E-state index is -1.01. The minimum absolute atomic E-state index is 0.176. The van der Waals surface area contributed by atoms with Gasteiger partial charge in [-0.2, -0.15) is 0 Å². The summed E-state index contributed by atoms with van der Waals surface area (Å²) in [6, 6.07) is 26.1. The van der Waals surface area contributed by atoms with Gasteiger partial charge >= 0.3 is 5.97 Å². The summed E-state index contributed by atoms with van der Waals surface area (Å²) in [6.07, 6.45) is 0.988. The van der Waals surface area contributed by atoms with Gasteiger partial charge in [-0.15, -0.1) is 0 Å². The van der Waals surface area contributed by atoms with E-state index >= 15 is 0 Å². The number of rotatable bonds is 8. The van der Waals surface area contributed by atoms with Gasteiger partial charge in [0.2, 0.25) is 0 Å². The Balaban J connectivity index is 1.61. The first-order chi connectivity index (χ1) is 16.0. The Morgan fingerprint density at radius 1 is 0.818 bits per heavy atom. The molecule has 0 radical (unpaired) electrons. The number of benzene rings is 3. The molecule has 0 saturated heterocycles. The van der Waals surface area contributed by atoms with Gasteiger partial charge in [-0.05, 0) is 66.4 Å². The second-order valence-electron chi connectivity index (χ2n) is 7.54. The SMILES string of the molecule is O=C(O)c1ccc(-c2ccccc2OCc2ccccc2)nc1CCc1cc(Cl)cc(Cl)c1. The van der Waals surface area contributed by atoms with E-state index in [2.05, 4.69) is 0 Å². The Kier molecular flexibility index (Phi) is 7.28. The molecule has 0 saturated carbocycles. The average Bonchev–Trinajstić information content (AvgIpc) is 2.81. The van der Waals surface area contributed by atoms with E-state index in [4.69, 9.17) is 32.9 Å². The molecule has 0 amide bonds. The quantitative estimate of drug-likeness (QED) is 0.293. The summed E-state index contributed by atoms with van der Waals surface area (Å²) in [6.45, 7) is 0.424. The Morgan fingerprint density at radius 2 is 1.52 bits per heavy atom. The molecule has 0 atom stereocenters. The van der Waals surface area contributed by atoms with Crippen LogP contribution in [-0.4, -0.2) is 16.1 Å². The number of aryl methyl sites for hydroxylation is 2. The van der Waals surface area contributed by atoms with Gasteiger partial charge < -0.3 is 9.84 Å². The standard InChI is InChI=1S/C27H21Cl2NO3/c28-20-14-19(15-21(29)16-20)10-12-25-23(27(31)32)11-13-24(30-25)22-8-4-5-9-26(22)33-17-18-6-2-1-3-7-18/h1-9,11,13-16H,10,12,17H2,(H,31,32). The maximum Gasteiger partial charge on any atom is 0.337 e. The highest BCUT2D eigenvalue weighted by molar-refractivity contribution is 6.34. The monoisotopic (exact) mass is 477 g/mol. The first kappa shape index (κ1) is 22.8. The summed E-state index contributed by atoms with van der Waals surface area (Å²) in [7, 11) is 0. The highest BCUT2D eigenvalue weighted by Gasteiger charge is 2.15. The molecule has 1 aromatic heterocycles. The molecule has 0 spiro atoms. The molecule has 6 heteroatoms. The van der Waals surface area contributed by atoms with Crippen molar-refractivity contribution in [1.29, 1.82) is 0 Å². The average molecular weight is 478 g/mol. The predicted molar refractivity (Wildman–Crippen MR) is 131 cm³/mol. The van der Waals surface area contributed by atoms with Crippen LogP contribution in [-0.2, 0) is 19.4 Å². The highest BCUT2D eigenvalue weighted by atomic mass is 35.5. The molecule has 0 unspecified atom stereocenters. The normalized spacial score (nSPS) is 10.7. The molecule has 0 bridgehead atoms. The molecule has 1 heterocycles. The number of para-hydroxylation sites is 1. The van der Waals surface area contributed by atoms with Gasteiger partial charge in [-0.25, -0.2) is 4.79 Å². The van der Waals surface area contributed by atoms with Crippen LogP contribution < -0.4 is 4.74 Å². The zero-order chi connectivity index (χ0) is 23.2. The Labute approximate surface area is 202 Å². The van der Waals surface area contributed by atoms with Crippen molar-refractivity contribution in [2.75, 3.05) is 0 Å². The van der Waals surface area contributed by atoms with E-state index in [1.807, 2.05) is 66.7 Å². The van der Waals surface area contributed by atoms with Gasteiger partial charge in [0.1, 0.15) is 12.4 Å². The molecule has 1 N–H and O–H groups in total. The molecule has 33 heavy (non-hydrogen) atoms. The molecule has 4 nitrogen and oxygen atoms in total. The van der Waals surface area contributed by atoms with E-state index in [-0.39, 0.29) is 5.56 Å². The fourth-order valence-electron chi connectivity index (χ4n) is 3.59. The number of carboxylic acids is 1. The molecule has 166 valence electrons. The van der Waals surface area contributed by atoms with Crippen LogP contribution in [0.2, 0.25) is 10.0 Å². The first-order valence-corrected chi connectivity index (χ1v) is 11.2. The van der Waals surface area contributed by atoms with Gasteiger partial charge in [0, 0.05) is 15.6 Å². The van der Waals surface area contributed by atoms with Crippen molar-refractivity contribution in [1.82, 2.24) is 4.98 Å². The lowest BCUT2D eigenvalue weighted by molar-refractivity contribution is 0.0695. The lowest BCUT2D eigenvalue weighted by Gasteiger charge is -2.13. The van der Waals surface area contributed by atoms with E-state index < -0.39 is 5.97 Å². The maximum atomic E-state index is 11.8. The summed E-state index contributed by atoms with van der Waals surface area (Å²) in [5.74, 6) is -0.328. The Morgan fingerprint density at radius 3 is 2.24 bits per heavy atom. The minimum Gasteiger partial charge on any atom is -0.488 e. The van der Waals surface area contributed by atoms with Crippen LogP contribution in [0.1, 0.15) is 27.2 Å². The first-order valence-electron chi connectivity index (χ1n) is 10.4. The van der Waals surface area contributed by atoms with Crippen molar-refractivity contribution in [3.63, 3.8) is 0 Å². The third-order valence-corrected chi connectivity index (χ3v) is 5.61. The Bertz CT molecular complexity index is 1260. The van der Waals surface area contributed by atoms with Crippen LogP contribution in [0.5, 0.6) is 5.75 Å². The number of carbonyl (C=O) groups is 1. The van der Waals surface area contributed by atoms with Crippen molar-refractivity contribution in [2.24, 2.45) is 0 Å². The van der Waals surface area contributed by atoms with Gasteiger partial charge in [0.15, 0.2) is 0 Å². The number of nitrogens with zero attached hydrogens (tertiary/aromatic N) is 1. The number of ether oxygens (including phenoxy) is 1. The lowest BCUT2D eigenvalue weighted by atomic mass is 10.0. The fourth-order valence-corrected chi connectivity index (χ4v) is 4.17. The number of halogens is 2. The topological polar surface area (TPSA) is 59.4 Å². The maximum absolute atomic E-state index is 11.8. The van der Waals surface area contributed by atoms with Crippen molar-refractivity contribution in [3.05, 3.63) is 117 Å². The molecule has 0 aliphatic rings. The van der Waals surface area contributed by atoms with E-state index in [1.165, 1.54) is 0 Å². The van der Waals surface area contributed by atoms with E-state index in [0.29, 0.717) is 46.6 Å². The molecule has 0 fully saturated rings. The van der Waals surface area contributed by atoms with Crippen LogP contribution in [0.15, 0.2) is 84.9 Å². The number of carboxylic acid groups (broad SMARTS) is 1. The van der Waals surface area contributed by atoms with Crippen LogP contribution in [0, 0.1) is 0 Å². The molecular formula is C27H21Cl2NO3. The highest BCUT2D eigenvalue weighted by Crippen LogP contribution is 2.30. The van der Waals surface area contributed by atoms with Gasteiger partial charge in [-0.3, -0.25) is 4.98 Å². The molecule has 0 aliphatic heterocycles. The summed E-state index contributed by atoms with van der Waals surface area (Å²) in [5.41, 5.74) is 4.11. The fraction of sp³-hybridized carbons (Fsp3) is 0.111.